The summed E-state index contributed by atoms with van der Waals surface area (Å²) in [6, 6.07) is 3.42. The summed E-state index contributed by atoms with van der Waals surface area (Å²) < 4.78 is 5.45. The Kier molecular flexibility index (Phi) is 7.15. The van der Waals surface area contributed by atoms with E-state index in [2.05, 4.69) is 10.3 Å². The number of nitrogen functional groups attached to an aromatic ring is 1. The van der Waals surface area contributed by atoms with Crippen molar-refractivity contribution in [2.24, 2.45) is 0 Å². The van der Waals surface area contributed by atoms with Crippen molar-refractivity contribution >= 4 is 11.7 Å². The zero-order chi connectivity index (χ0) is 15.8. The van der Waals surface area contributed by atoms with Crippen molar-refractivity contribution in [3.8, 4) is 0 Å². The Hall–Kier alpha value is -1.62. The van der Waals surface area contributed by atoms with Gasteiger partial charge in [-0.05, 0) is 44.7 Å². The van der Waals surface area contributed by atoms with Crippen molar-refractivity contribution in [3.63, 3.8) is 0 Å². The van der Waals surface area contributed by atoms with Gasteiger partial charge < -0.3 is 15.8 Å². The minimum Gasteiger partial charge on any atom is -0.384 e. The van der Waals surface area contributed by atoms with Crippen LogP contribution in [0, 0.1) is 0 Å². The van der Waals surface area contributed by atoms with Crippen molar-refractivity contribution in [2.45, 2.75) is 52.6 Å². The van der Waals surface area contributed by atoms with E-state index < -0.39 is 0 Å². The molecule has 3 N–H and O–H groups in total. The first-order chi connectivity index (χ1) is 9.90. The van der Waals surface area contributed by atoms with Gasteiger partial charge in [-0.15, -0.1) is 0 Å². The molecule has 0 saturated heterocycles. The lowest BCUT2D eigenvalue weighted by Crippen LogP contribution is -2.25. The van der Waals surface area contributed by atoms with Crippen molar-refractivity contribution in [1.82, 2.24) is 10.3 Å². The third-order valence-electron chi connectivity index (χ3n) is 3.03. The van der Waals surface area contributed by atoms with E-state index in [1.165, 1.54) is 0 Å². The van der Waals surface area contributed by atoms with E-state index in [0.717, 1.165) is 25.1 Å². The average molecular weight is 293 g/mol. The summed E-state index contributed by atoms with van der Waals surface area (Å²) in [6.07, 6.45) is 2.10. The Balaban J connectivity index is 2.42. The number of pyridine rings is 1. The fourth-order valence-corrected chi connectivity index (χ4v) is 1.85. The predicted octanol–water partition coefficient (Wildman–Crippen LogP) is 2.72. The summed E-state index contributed by atoms with van der Waals surface area (Å²) in [5, 5.41) is 2.90. The van der Waals surface area contributed by atoms with Crippen LogP contribution in [0.2, 0.25) is 0 Å². The van der Waals surface area contributed by atoms with Crippen LogP contribution >= 0.6 is 0 Å². The van der Waals surface area contributed by atoms with Crippen LogP contribution in [0.25, 0.3) is 0 Å². The number of aromatic nitrogens is 1. The zero-order valence-electron chi connectivity index (χ0n) is 13.5. The van der Waals surface area contributed by atoms with E-state index in [4.69, 9.17) is 10.5 Å². The van der Waals surface area contributed by atoms with Crippen molar-refractivity contribution in [3.05, 3.63) is 23.4 Å². The number of carbonyl (C=O) groups is 1. The second-order valence-electron chi connectivity index (χ2n) is 5.74. The van der Waals surface area contributed by atoms with Crippen LogP contribution in [0.5, 0.6) is 0 Å². The highest BCUT2D eigenvalue weighted by molar-refractivity contribution is 5.94. The van der Waals surface area contributed by atoms with Gasteiger partial charge in [0.25, 0.3) is 5.91 Å². The standard InChI is InChI=1S/C16H27N3O2/c1-11(2)14-9-13(10-15(17)19-14)16(20)18-7-5-6-8-21-12(3)4/h9-12H,5-8H2,1-4H3,(H2,17,19)(H,18,20). The Labute approximate surface area is 127 Å². The molecule has 0 bridgehead atoms. The minimum atomic E-state index is -0.101. The molecule has 0 aliphatic carbocycles. The Morgan fingerprint density at radius 1 is 1.29 bits per heavy atom. The number of nitrogens with two attached hydrogens (primary N) is 1. The molecule has 0 spiro atoms. The van der Waals surface area contributed by atoms with E-state index in [1.807, 2.05) is 27.7 Å². The molecule has 21 heavy (non-hydrogen) atoms. The van der Waals surface area contributed by atoms with Crippen molar-refractivity contribution < 1.29 is 9.53 Å². The molecule has 1 amide bonds. The van der Waals surface area contributed by atoms with Crippen LogP contribution in [0.3, 0.4) is 0 Å². The van der Waals surface area contributed by atoms with Gasteiger partial charge in [-0.25, -0.2) is 4.98 Å². The van der Waals surface area contributed by atoms with Gasteiger partial charge in [0.2, 0.25) is 0 Å². The number of nitrogens with one attached hydrogen (secondary N) is 1. The SMILES string of the molecule is CC(C)OCCCCNC(=O)c1cc(N)nc(C(C)C)c1. The van der Waals surface area contributed by atoms with Gasteiger partial charge in [0.1, 0.15) is 5.82 Å². The summed E-state index contributed by atoms with van der Waals surface area (Å²) in [5.74, 6) is 0.528. The second-order valence-corrected chi connectivity index (χ2v) is 5.74. The molecule has 5 heteroatoms. The Morgan fingerprint density at radius 2 is 2.00 bits per heavy atom. The molecule has 0 aliphatic rings. The van der Waals surface area contributed by atoms with Gasteiger partial charge in [0.05, 0.1) is 6.10 Å². The Bertz CT molecular complexity index is 459. The van der Waals surface area contributed by atoms with Crippen LogP contribution < -0.4 is 11.1 Å². The first-order valence-electron chi connectivity index (χ1n) is 7.57. The average Bonchev–Trinajstić information content (AvgIpc) is 2.41. The van der Waals surface area contributed by atoms with Gasteiger partial charge in [-0.1, -0.05) is 13.8 Å². The van der Waals surface area contributed by atoms with Crippen LogP contribution in [0.15, 0.2) is 12.1 Å². The van der Waals surface area contributed by atoms with Crippen LogP contribution in [-0.2, 0) is 4.74 Å². The van der Waals surface area contributed by atoms with Crippen LogP contribution in [0.4, 0.5) is 5.82 Å². The topological polar surface area (TPSA) is 77.2 Å². The lowest BCUT2D eigenvalue weighted by atomic mass is 10.1. The third-order valence-corrected chi connectivity index (χ3v) is 3.03. The van der Waals surface area contributed by atoms with E-state index in [9.17, 15) is 4.79 Å². The van der Waals surface area contributed by atoms with Crippen molar-refractivity contribution in [1.29, 1.82) is 0 Å². The number of nitrogens with zero attached hydrogens (tertiary/aromatic N) is 1. The number of ether oxygens (including phenoxy) is 1. The molecule has 0 saturated carbocycles. The zero-order valence-corrected chi connectivity index (χ0v) is 13.5. The number of unbranched alkanes of at least 4 members (excludes halogenated alkanes) is 1. The van der Waals surface area contributed by atoms with E-state index in [1.54, 1.807) is 12.1 Å². The monoisotopic (exact) mass is 293 g/mol. The molecule has 0 atom stereocenters. The molecule has 1 rings (SSSR count). The maximum absolute atomic E-state index is 12.1. The summed E-state index contributed by atoms with van der Waals surface area (Å²) in [5.41, 5.74) is 7.16. The third kappa shape index (κ3) is 6.58. The normalized spacial score (nSPS) is 11.1. The quantitative estimate of drug-likeness (QED) is 0.722. The molecular formula is C16H27N3O2. The van der Waals surface area contributed by atoms with Crippen LogP contribution in [0.1, 0.15) is 62.5 Å². The fourth-order valence-electron chi connectivity index (χ4n) is 1.85. The van der Waals surface area contributed by atoms with E-state index >= 15 is 0 Å². The molecular weight excluding hydrogens is 266 g/mol. The second kappa shape index (κ2) is 8.62. The molecule has 1 aromatic rings. The molecule has 0 fully saturated rings. The van der Waals surface area contributed by atoms with Crippen molar-refractivity contribution in [2.75, 3.05) is 18.9 Å². The van der Waals surface area contributed by atoms with E-state index in [0.29, 0.717) is 17.9 Å². The first-order valence-corrected chi connectivity index (χ1v) is 7.57. The number of anilines is 1. The maximum Gasteiger partial charge on any atom is 0.251 e. The van der Waals surface area contributed by atoms with E-state index in [-0.39, 0.29) is 17.9 Å². The number of hydrogen-bond donors (Lipinski definition) is 2. The highest BCUT2D eigenvalue weighted by Gasteiger charge is 2.10. The maximum atomic E-state index is 12.1. The molecule has 0 unspecified atom stereocenters. The van der Waals surface area contributed by atoms with Gasteiger partial charge in [0, 0.05) is 24.4 Å². The van der Waals surface area contributed by atoms with Gasteiger partial charge in [0.15, 0.2) is 0 Å². The molecule has 0 aromatic carbocycles. The predicted molar refractivity (Wildman–Crippen MR) is 85.4 cm³/mol. The number of amides is 1. The highest BCUT2D eigenvalue weighted by Crippen LogP contribution is 2.15. The molecule has 1 aromatic heterocycles. The molecule has 0 aliphatic heterocycles. The molecule has 1 heterocycles. The lowest BCUT2D eigenvalue weighted by molar-refractivity contribution is 0.0754. The molecule has 5 nitrogen and oxygen atoms in total. The largest absolute Gasteiger partial charge is 0.384 e. The van der Waals surface area contributed by atoms with Gasteiger partial charge >= 0.3 is 0 Å². The molecule has 0 radical (unpaired) electrons. The van der Waals surface area contributed by atoms with Crippen LogP contribution in [-0.4, -0.2) is 30.1 Å². The molecule has 118 valence electrons. The minimum absolute atomic E-state index is 0.101. The summed E-state index contributed by atoms with van der Waals surface area (Å²) in [6.45, 7) is 9.45. The van der Waals surface area contributed by atoms with Gasteiger partial charge in [-0.2, -0.15) is 0 Å². The summed E-state index contributed by atoms with van der Waals surface area (Å²) in [7, 11) is 0. The number of carbonyl (C=O) groups excluding carboxylic acids is 1. The summed E-state index contributed by atoms with van der Waals surface area (Å²) in [4.78, 5) is 16.3. The Morgan fingerprint density at radius 3 is 2.62 bits per heavy atom. The smallest absolute Gasteiger partial charge is 0.251 e. The fraction of sp³-hybridized carbons (Fsp3) is 0.625. The number of hydrogen-bond acceptors (Lipinski definition) is 4. The number of rotatable bonds is 8. The highest BCUT2D eigenvalue weighted by atomic mass is 16.5. The van der Waals surface area contributed by atoms with Gasteiger partial charge in [-0.3, -0.25) is 4.79 Å². The lowest BCUT2D eigenvalue weighted by Gasteiger charge is -2.10. The first kappa shape index (κ1) is 17.4. The summed E-state index contributed by atoms with van der Waals surface area (Å²) >= 11 is 0.